The molecule has 34 heavy (non-hydrogen) atoms. The lowest BCUT2D eigenvalue weighted by atomic mass is 9.93. The summed E-state index contributed by atoms with van der Waals surface area (Å²) in [6.07, 6.45) is 6.82. The van der Waals surface area contributed by atoms with Crippen molar-refractivity contribution in [1.29, 1.82) is 0 Å². The van der Waals surface area contributed by atoms with E-state index in [1.165, 1.54) is 18.4 Å². The molecule has 8 nitrogen and oxygen atoms in total. The van der Waals surface area contributed by atoms with Crippen LogP contribution in [0.1, 0.15) is 38.7 Å². The Morgan fingerprint density at radius 1 is 1.06 bits per heavy atom. The number of carbonyl (C=O) groups excluding carboxylic acids is 1. The molecule has 0 radical (unpaired) electrons. The summed E-state index contributed by atoms with van der Waals surface area (Å²) in [5.74, 6) is 2.01. The van der Waals surface area contributed by atoms with E-state index >= 15 is 0 Å². The van der Waals surface area contributed by atoms with Crippen LogP contribution < -0.4 is 15.0 Å². The number of amides is 2. The maximum Gasteiger partial charge on any atom is 0.318 e. The van der Waals surface area contributed by atoms with Gasteiger partial charge in [-0.25, -0.2) is 14.8 Å². The van der Waals surface area contributed by atoms with Gasteiger partial charge in [0.2, 0.25) is 5.95 Å². The molecule has 8 heteroatoms. The zero-order valence-corrected chi connectivity index (χ0v) is 20.7. The summed E-state index contributed by atoms with van der Waals surface area (Å²) >= 11 is 0. The minimum absolute atomic E-state index is 0.0387. The minimum atomic E-state index is 0.0387. The maximum absolute atomic E-state index is 13.0. The summed E-state index contributed by atoms with van der Waals surface area (Å²) in [5.41, 5.74) is 1.38. The highest BCUT2D eigenvalue weighted by molar-refractivity contribution is 5.75. The fraction of sp³-hybridized carbons (Fsp3) is 0.577. The van der Waals surface area contributed by atoms with E-state index in [-0.39, 0.29) is 18.1 Å². The molecule has 0 spiro atoms. The number of likely N-dealkylation sites (tertiary alicyclic amines) is 1. The van der Waals surface area contributed by atoms with Crippen LogP contribution in [-0.4, -0.2) is 77.7 Å². The van der Waals surface area contributed by atoms with E-state index in [2.05, 4.69) is 69.3 Å². The minimum Gasteiger partial charge on any atom is -0.494 e. The largest absolute Gasteiger partial charge is 0.494 e. The van der Waals surface area contributed by atoms with Gasteiger partial charge in [0.1, 0.15) is 0 Å². The first-order valence-corrected chi connectivity index (χ1v) is 12.5. The SMILES string of the molecule is COc1cnc(N2CC(C)N(C(=O)NCCC3CCN(Cc4ccccc4)CC3)C(C)C2)nc1. The zero-order chi connectivity index (χ0) is 23.9. The van der Waals surface area contributed by atoms with Crippen LogP contribution in [0.25, 0.3) is 0 Å². The van der Waals surface area contributed by atoms with Gasteiger partial charge in [0.15, 0.2) is 5.75 Å². The Balaban J connectivity index is 1.18. The lowest BCUT2D eigenvalue weighted by Gasteiger charge is -2.44. The van der Waals surface area contributed by atoms with E-state index in [4.69, 9.17) is 4.74 Å². The number of urea groups is 1. The van der Waals surface area contributed by atoms with Gasteiger partial charge in [-0.1, -0.05) is 30.3 Å². The molecule has 2 amide bonds. The summed E-state index contributed by atoms with van der Waals surface area (Å²) in [4.78, 5) is 28.5. The van der Waals surface area contributed by atoms with Crippen LogP contribution in [0, 0.1) is 5.92 Å². The van der Waals surface area contributed by atoms with Gasteiger partial charge in [0.05, 0.1) is 19.5 Å². The quantitative estimate of drug-likeness (QED) is 0.674. The number of nitrogens with zero attached hydrogens (tertiary/aromatic N) is 5. The van der Waals surface area contributed by atoms with E-state index in [9.17, 15) is 4.79 Å². The van der Waals surface area contributed by atoms with Crippen molar-refractivity contribution < 1.29 is 9.53 Å². The first-order chi connectivity index (χ1) is 16.5. The van der Waals surface area contributed by atoms with Crippen LogP contribution >= 0.6 is 0 Å². The topological polar surface area (TPSA) is 73.8 Å². The van der Waals surface area contributed by atoms with Crippen molar-refractivity contribution in [3.05, 3.63) is 48.3 Å². The third-order valence-corrected chi connectivity index (χ3v) is 7.07. The van der Waals surface area contributed by atoms with Crippen LogP contribution in [-0.2, 0) is 6.54 Å². The molecular formula is C26H38N6O2. The summed E-state index contributed by atoms with van der Waals surface area (Å²) in [6, 6.07) is 10.9. The number of methoxy groups -OCH3 is 1. The van der Waals surface area contributed by atoms with Crippen LogP contribution in [0.5, 0.6) is 5.75 Å². The molecule has 2 unspecified atom stereocenters. The predicted molar refractivity (Wildman–Crippen MR) is 134 cm³/mol. The highest BCUT2D eigenvalue weighted by atomic mass is 16.5. The Hall–Kier alpha value is -2.87. The molecule has 4 rings (SSSR count). The molecular weight excluding hydrogens is 428 g/mol. The van der Waals surface area contributed by atoms with Crippen molar-refractivity contribution >= 4 is 12.0 Å². The number of piperazine rings is 1. The van der Waals surface area contributed by atoms with E-state index in [1.54, 1.807) is 19.5 Å². The lowest BCUT2D eigenvalue weighted by Crippen LogP contribution is -2.61. The highest BCUT2D eigenvalue weighted by Crippen LogP contribution is 2.23. The Morgan fingerprint density at radius 3 is 2.32 bits per heavy atom. The van der Waals surface area contributed by atoms with Gasteiger partial charge in [0, 0.05) is 38.3 Å². The van der Waals surface area contributed by atoms with E-state index in [0.717, 1.165) is 32.6 Å². The second-order valence-corrected chi connectivity index (χ2v) is 9.66. The Labute approximate surface area is 203 Å². The third-order valence-electron chi connectivity index (χ3n) is 7.07. The summed E-state index contributed by atoms with van der Waals surface area (Å²) in [5, 5.41) is 3.19. The molecule has 2 fully saturated rings. The second kappa shape index (κ2) is 11.5. The average Bonchev–Trinajstić information content (AvgIpc) is 2.85. The van der Waals surface area contributed by atoms with Crippen molar-refractivity contribution in [3.8, 4) is 5.75 Å². The van der Waals surface area contributed by atoms with Crippen LogP contribution in [0.4, 0.5) is 10.7 Å². The summed E-state index contributed by atoms with van der Waals surface area (Å²) in [6.45, 7) is 9.65. The van der Waals surface area contributed by atoms with Crippen LogP contribution in [0.2, 0.25) is 0 Å². The highest BCUT2D eigenvalue weighted by Gasteiger charge is 2.34. The first kappa shape index (κ1) is 24.3. The zero-order valence-electron chi connectivity index (χ0n) is 20.7. The van der Waals surface area contributed by atoms with Gasteiger partial charge < -0.3 is 19.9 Å². The molecule has 0 saturated carbocycles. The number of anilines is 1. The standard InChI is InChI=1S/C26H38N6O2/c1-20-17-31(25-28-15-24(34-3)16-29-25)18-21(2)32(20)26(33)27-12-9-22-10-13-30(14-11-22)19-23-7-5-4-6-8-23/h4-8,15-16,20-22H,9-14,17-19H2,1-3H3,(H,27,33). The fourth-order valence-electron chi connectivity index (χ4n) is 5.21. The number of aromatic nitrogens is 2. The molecule has 1 aromatic carbocycles. The fourth-order valence-corrected chi connectivity index (χ4v) is 5.21. The molecule has 3 heterocycles. The van der Waals surface area contributed by atoms with E-state index < -0.39 is 0 Å². The smallest absolute Gasteiger partial charge is 0.318 e. The lowest BCUT2D eigenvalue weighted by molar-refractivity contribution is 0.139. The summed E-state index contributed by atoms with van der Waals surface area (Å²) < 4.78 is 5.15. The number of benzene rings is 1. The number of ether oxygens (including phenoxy) is 1. The van der Waals surface area contributed by atoms with Gasteiger partial charge in [-0.3, -0.25) is 4.90 Å². The molecule has 2 saturated heterocycles. The summed E-state index contributed by atoms with van der Waals surface area (Å²) in [7, 11) is 1.61. The van der Waals surface area contributed by atoms with Crippen molar-refractivity contribution in [1.82, 2.24) is 25.1 Å². The first-order valence-electron chi connectivity index (χ1n) is 12.5. The molecule has 0 bridgehead atoms. The molecule has 2 aliphatic rings. The Morgan fingerprint density at radius 2 is 1.71 bits per heavy atom. The Bertz CT molecular complexity index is 889. The normalized spacial score (nSPS) is 22.0. The number of nitrogens with one attached hydrogen (secondary N) is 1. The van der Waals surface area contributed by atoms with Crippen molar-refractivity contribution in [2.45, 2.75) is 51.7 Å². The molecule has 2 aliphatic heterocycles. The molecule has 2 atom stereocenters. The number of carbonyl (C=O) groups is 1. The number of hydrogen-bond donors (Lipinski definition) is 1. The third kappa shape index (κ3) is 6.17. The van der Waals surface area contributed by atoms with E-state index in [0.29, 0.717) is 30.7 Å². The molecule has 184 valence electrons. The monoisotopic (exact) mass is 466 g/mol. The number of piperidine rings is 1. The van der Waals surface area contributed by atoms with Crippen LogP contribution in [0.3, 0.4) is 0 Å². The van der Waals surface area contributed by atoms with Gasteiger partial charge in [0.25, 0.3) is 0 Å². The van der Waals surface area contributed by atoms with Crippen molar-refractivity contribution in [3.63, 3.8) is 0 Å². The number of hydrogen-bond acceptors (Lipinski definition) is 6. The second-order valence-electron chi connectivity index (χ2n) is 9.66. The molecule has 0 aliphatic carbocycles. The molecule has 1 N–H and O–H groups in total. The maximum atomic E-state index is 13.0. The average molecular weight is 467 g/mol. The van der Waals surface area contributed by atoms with Gasteiger partial charge >= 0.3 is 6.03 Å². The molecule has 1 aromatic heterocycles. The van der Waals surface area contributed by atoms with Crippen molar-refractivity contribution in [2.75, 3.05) is 44.7 Å². The van der Waals surface area contributed by atoms with Gasteiger partial charge in [-0.2, -0.15) is 0 Å². The number of rotatable bonds is 7. The predicted octanol–water partition coefficient (Wildman–Crippen LogP) is 3.40. The molecule has 2 aromatic rings. The van der Waals surface area contributed by atoms with E-state index in [1.807, 2.05) is 4.90 Å². The van der Waals surface area contributed by atoms with Crippen molar-refractivity contribution in [2.24, 2.45) is 5.92 Å². The van der Waals surface area contributed by atoms with Crippen LogP contribution in [0.15, 0.2) is 42.7 Å². The Kier molecular flexibility index (Phi) is 8.21. The van der Waals surface area contributed by atoms with Gasteiger partial charge in [-0.15, -0.1) is 0 Å². The van der Waals surface area contributed by atoms with Gasteiger partial charge in [-0.05, 0) is 57.7 Å².